The molecule has 275 valence electrons. The van der Waals surface area contributed by atoms with Gasteiger partial charge in [0, 0.05) is 31.2 Å². The Labute approximate surface area is 345 Å². The summed E-state index contributed by atoms with van der Waals surface area (Å²) in [5.41, 5.74) is 10.7. The molecule has 0 aliphatic rings. The monoisotopic (exact) mass is 960 g/mol. The third kappa shape index (κ3) is 7.75. The molecule has 0 aliphatic carbocycles. The van der Waals surface area contributed by atoms with Gasteiger partial charge in [0.05, 0.1) is 22.4 Å². The molecule has 3 aromatic heterocycles. The first-order valence-corrected chi connectivity index (χ1v) is 25.5. The summed E-state index contributed by atoms with van der Waals surface area (Å²) >= 11 is -2.14. The van der Waals surface area contributed by atoms with Crippen molar-refractivity contribution in [3.63, 3.8) is 0 Å². The summed E-state index contributed by atoms with van der Waals surface area (Å²) in [6.45, 7) is 1.66. The van der Waals surface area contributed by atoms with Crippen LogP contribution in [0.3, 0.4) is 0 Å². The molecular formula is C49H43GeIrN3O-2. The number of aromatic nitrogens is 3. The second kappa shape index (κ2) is 16.0. The molecule has 0 unspecified atom stereocenters. The molecule has 3 heterocycles. The van der Waals surface area contributed by atoms with Crippen molar-refractivity contribution in [1.82, 2.24) is 14.5 Å². The van der Waals surface area contributed by atoms with E-state index in [0.29, 0.717) is 0 Å². The molecule has 6 heteroatoms. The van der Waals surface area contributed by atoms with E-state index in [0.717, 1.165) is 72.4 Å². The van der Waals surface area contributed by atoms with Gasteiger partial charge in [-0.25, -0.2) is 0 Å². The average Bonchev–Trinajstić information content (AvgIpc) is 3.79. The maximum absolute atomic E-state index is 8.49. The van der Waals surface area contributed by atoms with Gasteiger partial charge < -0.3 is 8.98 Å². The second-order valence-corrected chi connectivity index (χ2v) is 25.3. The summed E-state index contributed by atoms with van der Waals surface area (Å²) in [7, 11) is 0. The molecule has 9 rings (SSSR count). The smallest absolute Gasteiger partial charge is 0.120 e. The van der Waals surface area contributed by atoms with Crippen LogP contribution in [0.25, 0.3) is 72.4 Å². The van der Waals surface area contributed by atoms with E-state index in [2.05, 4.69) is 118 Å². The number of furan rings is 1. The SMILES string of the molecule is [2H]C([2H])([2H])c1c[c-]c(-c2cc(C([2H])(C)C)[c]([Ge]([CH3])([CH3])[CH3])cn2)cc1.[Ir].[c-]1ccc2c(oc3ccccc32)c1-c1nc2ccccc2n1-c1cccc(-c2ccccc2)c1. The van der Waals surface area contributed by atoms with Crippen molar-refractivity contribution in [3.05, 3.63) is 169 Å². The summed E-state index contributed by atoms with van der Waals surface area (Å²) in [5.74, 6) is 7.00. The first-order chi connectivity index (χ1) is 27.7. The van der Waals surface area contributed by atoms with Gasteiger partial charge in [-0.3, -0.25) is 4.98 Å². The van der Waals surface area contributed by atoms with E-state index < -0.39 is 26.0 Å². The zero-order valence-corrected chi connectivity index (χ0v) is 35.9. The number of benzene rings is 6. The maximum atomic E-state index is 8.49. The minimum Gasteiger partial charge on any atom is -0.501 e. The first-order valence-electron chi connectivity index (χ1n) is 20.2. The molecule has 0 aliphatic heterocycles. The van der Waals surface area contributed by atoms with Crippen molar-refractivity contribution >= 4 is 50.6 Å². The fraction of sp³-hybridized carbons (Fsp3) is 0.143. The quantitative estimate of drug-likeness (QED) is 0.123. The first kappa shape index (κ1) is 33.3. The van der Waals surface area contributed by atoms with Gasteiger partial charge in [-0.1, -0.05) is 83.7 Å². The minimum absolute atomic E-state index is 0. The molecule has 0 saturated carbocycles. The van der Waals surface area contributed by atoms with Crippen LogP contribution in [0.1, 0.15) is 36.4 Å². The average molecular weight is 959 g/mol. The molecule has 6 aromatic carbocycles. The number of fused-ring (bicyclic) bond motifs is 4. The number of imidazole rings is 1. The Hall–Kier alpha value is -5.07. The van der Waals surface area contributed by atoms with E-state index in [9.17, 15) is 0 Å². The Morgan fingerprint density at radius 1 is 0.782 bits per heavy atom. The van der Waals surface area contributed by atoms with Gasteiger partial charge in [-0.05, 0) is 41.5 Å². The number of para-hydroxylation sites is 3. The molecule has 0 bridgehead atoms. The number of nitrogens with zero attached hydrogens (tertiary/aromatic N) is 3. The van der Waals surface area contributed by atoms with Crippen molar-refractivity contribution in [2.24, 2.45) is 0 Å². The number of hydrogen-bond donors (Lipinski definition) is 0. The molecule has 0 saturated heterocycles. The van der Waals surface area contributed by atoms with Crippen LogP contribution in [0.15, 0.2) is 150 Å². The zero-order valence-electron chi connectivity index (χ0n) is 35.4. The predicted molar refractivity (Wildman–Crippen MR) is 228 cm³/mol. The molecule has 55 heavy (non-hydrogen) atoms. The molecule has 0 spiro atoms. The van der Waals surface area contributed by atoms with Gasteiger partial charge in [0.15, 0.2) is 0 Å². The Kier molecular flexibility index (Phi) is 9.66. The molecule has 9 aromatic rings. The number of aryl methyl sites for hydroxylation is 1. The Morgan fingerprint density at radius 3 is 2.31 bits per heavy atom. The van der Waals surface area contributed by atoms with E-state index in [1.807, 2.05) is 62.5 Å². The van der Waals surface area contributed by atoms with Gasteiger partial charge in [0.25, 0.3) is 0 Å². The van der Waals surface area contributed by atoms with Gasteiger partial charge >= 0.3 is 131 Å². The van der Waals surface area contributed by atoms with Gasteiger partial charge in [-0.15, -0.1) is 18.2 Å². The van der Waals surface area contributed by atoms with Crippen LogP contribution in [-0.2, 0) is 20.1 Å². The Balaban J connectivity index is 0.000000188. The Bertz CT molecular complexity index is 2910. The minimum atomic E-state index is -2.14. The molecule has 0 atom stereocenters. The number of hydrogen-bond acceptors (Lipinski definition) is 3. The fourth-order valence-electron chi connectivity index (χ4n) is 6.96. The van der Waals surface area contributed by atoms with Gasteiger partial charge in [0.1, 0.15) is 5.58 Å². The fourth-order valence-corrected chi connectivity index (χ4v) is 10.3. The second-order valence-electron chi connectivity index (χ2n) is 14.7. The predicted octanol–water partition coefficient (Wildman–Crippen LogP) is 12.6. The van der Waals surface area contributed by atoms with Crippen molar-refractivity contribution in [3.8, 4) is 39.5 Å². The zero-order chi connectivity index (χ0) is 40.8. The van der Waals surface area contributed by atoms with Gasteiger partial charge in [0.2, 0.25) is 0 Å². The normalized spacial score (nSPS) is 13.0. The van der Waals surface area contributed by atoms with Crippen molar-refractivity contribution in [2.75, 3.05) is 0 Å². The third-order valence-electron chi connectivity index (χ3n) is 9.67. The summed E-state index contributed by atoms with van der Waals surface area (Å²) in [4.78, 5) is 9.63. The van der Waals surface area contributed by atoms with Crippen LogP contribution in [0.2, 0.25) is 17.3 Å². The molecule has 0 fully saturated rings. The third-order valence-corrected chi connectivity index (χ3v) is 13.9. The maximum Gasteiger partial charge on any atom is 0.120 e. The summed E-state index contributed by atoms with van der Waals surface area (Å²) in [6, 6.07) is 52.7. The summed E-state index contributed by atoms with van der Waals surface area (Å²) in [5, 5.41) is 2.17. The van der Waals surface area contributed by atoms with E-state index in [1.54, 1.807) is 12.1 Å². The van der Waals surface area contributed by atoms with Crippen molar-refractivity contribution < 1.29 is 30.0 Å². The summed E-state index contributed by atoms with van der Waals surface area (Å²) in [6.07, 6.45) is 1.91. The van der Waals surface area contributed by atoms with Crippen LogP contribution in [-0.4, -0.2) is 27.8 Å². The standard InChI is InChI=1S/C31H19N2O.C18H24GeN.Ir/c1-2-10-21(11-3-1)22-12-8-13-23(20-22)33-28-18-6-5-17-27(28)32-31(33)26-16-9-15-25-24-14-4-7-19-29(24)34-30(25)26;1-13(2)16-11-18(15-9-7-14(3)8-10-15)20-12-17(16)19(4,5)6;/h1-15,17-20H;7-9,11-13H,1-6H3;/q2*-1;/i;3D3,13D;. The van der Waals surface area contributed by atoms with Crippen LogP contribution >= 0.6 is 0 Å². The molecular weight excluding hydrogens is 911 g/mol. The topological polar surface area (TPSA) is 43.9 Å². The summed E-state index contributed by atoms with van der Waals surface area (Å²) < 4.78 is 40.6. The van der Waals surface area contributed by atoms with Gasteiger partial charge in [-0.2, -0.15) is 0 Å². The van der Waals surface area contributed by atoms with Crippen LogP contribution < -0.4 is 4.40 Å². The van der Waals surface area contributed by atoms with E-state index in [-0.39, 0.29) is 25.7 Å². The largest absolute Gasteiger partial charge is 0.501 e. The van der Waals surface area contributed by atoms with Crippen LogP contribution in [0, 0.1) is 19.0 Å². The number of rotatable bonds is 6. The number of pyridine rings is 1. The van der Waals surface area contributed by atoms with Crippen molar-refractivity contribution in [2.45, 2.75) is 43.9 Å². The van der Waals surface area contributed by atoms with Crippen LogP contribution in [0.4, 0.5) is 0 Å². The van der Waals surface area contributed by atoms with Crippen LogP contribution in [0.5, 0.6) is 0 Å². The molecule has 0 N–H and O–H groups in total. The van der Waals surface area contributed by atoms with E-state index >= 15 is 0 Å². The van der Waals surface area contributed by atoms with E-state index in [4.69, 9.17) is 14.9 Å². The molecule has 1 radical (unpaired) electrons. The van der Waals surface area contributed by atoms with Crippen molar-refractivity contribution in [1.29, 1.82) is 0 Å². The molecule has 0 amide bonds. The van der Waals surface area contributed by atoms with E-state index in [1.165, 1.54) is 16.0 Å². The molecule has 4 nitrogen and oxygen atoms in total. The Morgan fingerprint density at radius 2 is 1.55 bits per heavy atom.